The average Bonchev–Trinajstić information content (AvgIpc) is 3.06. The van der Waals surface area contributed by atoms with E-state index in [1.54, 1.807) is 48.5 Å². The number of carbonyl (C=O) groups is 4. The highest BCUT2D eigenvalue weighted by Gasteiger charge is 2.12. The molecule has 44 heavy (non-hydrogen) atoms. The number of hydrogen-bond donors (Lipinski definition) is 4. The van der Waals surface area contributed by atoms with Crippen LogP contribution in [-0.2, 0) is 34.0 Å². The molecule has 3 amide bonds. The third kappa shape index (κ3) is 9.95. The number of nitrogens with one attached hydrogen (secondary N) is 4. The molecule has 0 radical (unpaired) electrons. The fraction of sp³-hybridized carbons (Fsp3) is 0.147. The summed E-state index contributed by atoms with van der Waals surface area (Å²) in [5.41, 5.74) is 3.73. The van der Waals surface area contributed by atoms with Gasteiger partial charge in [-0.25, -0.2) is 4.79 Å². The Morgan fingerprint density at radius 1 is 0.568 bits per heavy atom. The quantitative estimate of drug-likeness (QED) is 0.106. The average molecular weight is 593 g/mol. The zero-order valence-corrected chi connectivity index (χ0v) is 23.9. The van der Waals surface area contributed by atoms with E-state index in [0.29, 0.717) is 16.7 Å². The number of amidine groups is 1. The number of carbonyl (C=O) groups excluding carboxylic acids is 4. The van der Waals surface area contributed by atoms with Gasteiger partial charge in [-0.3, -0.25) is 25.1 Å². The van der Waals surface area contributed by atoms with Gasteiger partial charge < -0.3 is 20.1 Å². The van der Waals surface area contributed by atoms with Crippen molar-refractivity contribution in [1.82, 2.24) is 16.0 Å². The third-order valence-corrected chi connectivity index (χ3v) is 6.40. The summed E-state index contributed by atoms with van der Waals surface area (Å²) in [6, 6.07) is 31.5. The zero-order valence-electron chi connectivity index (χ0n) is 23.9. The lowest BCUT2D eigenvalue weighted by molar-refractivity contribution is -0.144. The summed E-state index contributed by atoms with van der Waals surface area (Å²) >= 11 is 0. The van der Waals surface area contributed by atoms with Crippen LogP contribution in [0.2, 0.25) is 0 Å². The summed E-state index contributed by atoms with van der Waals surface area (Å²) in [6.45, 7) is 0.660. The Labute approximate surface area is 254 Å². The van der Waals surface area contributed by atoms with Crippen LogP contribution in [0, 0.1) is 5.41 Å². The van der Waals surface area contributed by atoms with Crippen molar-refractivity contribution in [3.8, 4) is 0 Å². The van der Waals surface area contributed by atoms with Crippen molar-refractivity contribution in [2.24, 2.45) is 0 Å². The summed E-state index contributed by atoms with van der Waals surface area (Å²) in [5, 5.41) is 16.0. The van der Waals surface area contributed by atoms with Gasteiger partial charge in [0, 0.05) is 29.8 Å². The van der Waals surface area contributed by atoms with Crippen molar-refractivity contribution >= 4 is 29.7 Å². The molecule has 0 bridgehead atoms. The number of rotatable bonds is 12. The summed E-state index contributed by atoms with van der Waals surface area (Å²) in [4.78, 5) is 49.0. The predicted octanol–water partition coefficient (Wildman–Crippen LogP) is 4.73. The molecule has 0 aromatic heterocycles. The first-order valence-electron chi connectivity index (χ1n) is 13.9. The molecular formula is C34H32N4O6. The molecule has 0 fully saturated rings. The third-order valence-electron chi connectivity index (χ3n) is 6.40. The van der Waals surface area contributed by atoms with Gasteiger partial charge in [-0.1, -0.05) is 84.9 Å². The fourth-order valence-corrected chi connectivity index (χ4v) is 3.97. The molecule has 0 unspecified atom stereocenters. The number of esters is 1. The van der Waals surface area contributed by atoms with Crippen LogP contribution in [0.4, 0.5) is 4.79 Å². The number of alkyl carbamates (subject to hydrolysis) is 1. The maximum absolute atomic E-state index is 12.6. The maximum atomic E-state index is 12.6. The lowest BCUT2D eigenvalue weighted by Gasteiger charge is -2.10. The Kier molecular flexibility index (Phi) is 11.3. The van der Waals surface area contributed by atoms with Crippen molar-refractivity contribution in [2.75, 3.05) is 6.54 Å². The second-order valence-corrected chi connectivity index (χ2v) is 9.67. The van der Waals surface area contributed by atoms with Crippen molar-refractivity contribution in [1.29, 1.82) is 5.41 Å². The lowest BCUT2D eigenvalue weighted by Crippen LogP contribution is -2.31. The van der Waals surface area contributed by atoms with Crippen molar-refractivity contribution in [3.63, 3.8) is 0 Å². The minimum Gasteiger partial charge on any atom is -0.461 e. The number of amides is 3. The number of hydrogen-bond acceptors (Lipinski definition) is 7. The molecule has 0 spiro atoms. The summed E-state index contributed by atoms with van der Waals surface area (Å²) in [6.07, 6.45) is -0.689. The Morgan fingerprint density at radius 3 is 1.66 bits per heavy atom. The first-order valence-corrected chi connectivity index (χ1v) is 13.9. The first kappa shape index (κ1) is 31.2. The second kappa shape index (κ2) is 16.0. The van der Waals surface area contributed by atoms with Crippen LogP contribution in [0.3, 0.4) is 0 Å². The largest absolute Gasteiger partial charge is 0.461 e. The molecule has 0 atom stereocenters. The molecule has 0 aliphatic heterocycles. The topological polar surface area (TPSA) is 147 Å². The van der Waals surface area contributed by atoms with Crippen LogP contribution in [0.15, 0.2) is 109 Å². The summed E-state index contributed by atoms with van der Waals surface area (Å²) < 4.78 is 10.3. The second-order valence-electron chi connectivity index (χ2n) is 9.67. The minimum atomic E-state index is -0.747. The molecule has 0 aliphatic carbocycles. The maximum Gasteiger partial charge on any atom is 0.413 e. The lowest BCUT2D eigenvalue weighted by atomic mass is 10.1. The van der Waals surface area contributed by atoms with Gasteiger partial charge in [-0.05, 0) is 41.0 Å². The van der Waals surface area contributed by atoms with Crippen LogP contribution in [-0.4, -0.2) is 36.3 Å². The monoisotopic (exact) mass is 592 g/mol. The van der Waals surface area contributed by atoms with Gasteiger partial charge in [0.2, 0.25) is 0 Å². The molecule has 4 aromatic rings. The van der Waals surface area contributed by atoms with E-state index in [2.05, 4.69) is 16.0 Å². The molecule has 0 saturated heterocycles. The van der Waals surface area contributed by atoms with Crippen LogP contribution in [0.25, 0.3) is 0 Å². The van der Waals surface area contributed by atoms with E-state index in [9.17, 15) is 19.2 Å². The fourth-order valence-electron chi connectivity index (χ4n) is 3.97. The molecule has 0 saturated carbocycles. The molecule has 10 heteroatoms. The number of benzene rings is 4. The minimum absolute atomic E-state index is 0.0581. The van der Waals surface area contributed by atoms with E-state index in [4.69, 9.17) is 14.9 Å². The molecule has 0 aliphatic rings. The van der Waals surface area contributed by atoms with Gasteiger partial charge >= 0.3 is 12.1 Å². The van der Waals surface area contributed by atoms with Crippen LogP contribution >= 0.6 is 0 Å². The van der Waals surface area contributed by atoms with Crippen molar-refractivity contribution < 1.29 is 28.7 Å². The van der Waals surface area contributed by atoms with E-state index in [1.807, 2.05) is 60.7 Å². The standard InChI is InChI=1S/C34H32N4O6/c35-31(38-34(42)44-23-26-9-5-2-6-10-26)27-15-17-29(18-16-27)33(41)37-21-24-11-13-28(14-12-24)32(40)36-20-19-30(39)43-22-25-7-3-1-4-8-25/h1-18H,19-23H2,(H,36,40)(H,37,41)(H2,35,38,42). The van der Waals surface area contributed by atoms with Crippen LogP contribution in [0.5, 0.6) is 0 Å². The van der Waals surface area contributed by atoms with Gasteiger partial charge in [0.15, 0.2) is 0 Å². The smallest absolute Gasteiger partial charge is 0.413 e. The van der Waals surface area contributed by atoms with Crippen molar-refractivity contribution in [3.05, 3.63) is 143 Å². The van der Waals surface area contributed by atoms with E-state index >= 15 is 0 Å². The normalized spacial score (nSPS) is 10.3. The molecule has 10 nitrogen and oxygen atoms in total. The van der Waals surface area contributed by atoms with Gasteiger partial charge in [0.1, 0.15) is 19.0 Å². The molecule has 4 aromatic carbocycles. The highest BCUT2D eigenvalue weighted by molar-refractivity contribution is 6.05. The van der Waals surface area contributed by atoms with E-state index in [1.165, 1.54) is 0 Å². The zero-order chi connectivity index (χ0) is 31.1. The molecule has 4 rings (SSSR count). The Hall–Kier alpha value is -5.77. The van der Waals surface area contributed by atoms with E-state index in [0.717, 1.165) is 16.7 Å². The summed E-state index contributed by atoms with van der Waals surface area (Å²) in [5.74, 6) is -1.19. The Bertz CT molecular complexity index is 1570. The van der Waals surface area contributed by atoms with Gasteiger partial charge in [-0.2, -0.15) is 0 Å². The van der Waals surface area contributed by atoms with Crippen LogP contribution in [0.1, 0.15) is 49.4 Å². The molecule has 224 valence electrons. The highest BCUT2D eigenvalue weighted by Crippen LogP contribution is 2.08. The Balaban J connectivity index is 1.15. The Morgan fingerprint density at radius 2 is 1.07 bits per heavy atom. The van der Waals surface area contributed by atoms with Crippen LogP contribution < -0.4 is 16.0 Å². The number of ether oxygens (including phenoxy) is 2. The summed E-state index contributed by atoms with van der Waals surface area (Å²) in [7, 11) is 0. The molecule has 0 heterocycles. The van der Waals surface area contributed by atoms with Crippen molar-refractivity contribution in [2.45, 2.75) is 26.2 Å². The molecular weight excluding hydrogens is 560 g/mol. The van der Waals surface area contributed by atoms with Gasteiger partial charge in [0.05, 0.1) is 6.42 Å². The SMILES string of the molecule is N=C(NC(=O)OCc1ccccc1)c1ccc(C(=O)NCc2ccc(C(=O)NCCC(=O)OCc3ccccc3)cc2)cc1. The predicted molar refractivity (Wildman–Crippen MR) is 164 cm³/mol. The van der Waals surface area contributed by atoms with Gasteiger partial charge in [0.25, 0.3) is 11.8 Å². The molecule has 4 N–H and O–H groups in total. The van der Waals surface area contributed by atoms with E-state index < -0.39 is 12.1 Å². The first-order chi connectivity index (χ1) is 21.4. The van der Waals surface area contributed by atoms with Gasteiger partial charge in [-0.15, -0.1) is 0 Å². The highest BCUT2D eigenvalue weighted by atomic mass is 16.5. The van der Waals surface area contributed by atoms with E-state index in [-0.39, 0.29) is 50.4 Å².